The summed E-state index contributed by atoms with van der Waals surface area (Å²) >= 11 is 0. The van der Waals surface area contributed by atoms with Crippen molar-refractivity contribution in [3.63, 3.8) is 0 Å². The van der Waals surface area contributed by atoms with Gasteiger partial charge in [-0.25, -0.2) is 15.0 Å². The molecule has 3 aromatic heterocycles. The van der Waals surface area contributed by atoms with Crippen LogP contribution in [0.1, 0.15) is 50.7 Å². The SMILES string of the molecule is CC(C)c1cc(-c2ccccc2)cc(C(C)C)c1-n1c(-c2cccc3c2oc2cc(-c4ccc(-c5ccccc5)cc4)ccc23)nc2cncnc21. The molecule has 0 bridgehead atoms. The Balaban J connectivity index is 1.23. The molecule has 6 aromatic carbocycles. The fourth-order valence-corrected chi connectivity index (χ4v) is 7.48. The van der Waals surface area contributed by atoms with E-state index in [0.29, 0.717) is 0 Å². The Morgan fingerprint density at radius 1 is 0.558 bits per heavy atom. The molecule has 0 amide bonds. The second kappa shape index (κ2) is 12.8. The van der Waals surface area contributed by atoms with E-state index in [4.69, 9.17) is 14.4 Å². The van der Waals surface area contributed by atoms with Crippen molar-refractivity contribution in [1.82, 2.24) is 19.5 Å². The maximum absolute atomic E-state index is 6.82. The van der Waals surface area contributed by atoms with Crippen LogP contribution in [0.25, 0.3) is 83.6 Å². The first kappa shape index (κ1) is 31.6. The van der Waals surface area contributed by atoms with Gasteiger partial charge >= 0.3 is 0 Å². The molecule has 5 nitrogen and oxygen atoms in total. The summed E-state index contributed by atoms with van der Waals surface area (Å²) in [4.78, 5) is 14.4. The van der Waals surface area contributed by atoms with Crippen LogP contribution in [0.15, 0.2) is 150 Å². The molecule has 5 heteroatoms. The van der Waals surface area contributed by atoms with Crippen molar-refractivity contribution in [2.75, 3.05) is 0 Å². The largest absolute Gasteiger partial charge is 0.455 e. The minimum atomic E-state index is 0.241. The average Bonchev–Trinajstić information content (AvgIpc) is 3.76. The molecule has 252 valence electrons. The third-order valence-corrected chi connectivity index (χ3v) is 10.1. The Morgan fingerprint density at radius 2 is 1.15 bits per heavy atom. The van der Waals surface area contributed by atoms with E-state index in [1.54, 1.807) is 12.5 Å². The van der Waals surface area contributed by atoms with Crippen molar-refractivity contribution >= 4 is 33.1 Å². The Labute approximate surface area is 303 Å². The molecule has 0 saturated heterocycles. The Morgan fingerprint density at radius 3 is 1.81 bits per heavy atom. The predicted molar refractivity (Wildman–Crippen MR) is 214 cm³/mol. The van der Waals surface area contributed by atoms with Gasteiger partial charge in [0.25, 0.3) is 0 Å². The Bertz CT molecular complexity index is 2690. The lowest BCUT2D eigenvalue weighted by Gasteiger charge is -2.24. The molecule has 0 aliphatic carbocycles. The van der Waals surface area contributed by atoms with Gasteiger partial charge in [-0.1, -0.05) is 131 Å². The van der Waals surface area contributed by atoms with Crippen LogP contribution in [0.3, 0.4) is 0 Å². The third kappa shape index (κ3) is 5.37. The topological polar surface area (TPSA) is 56.7 Å². The number of hydrogen-bond donors (Lipinski definition) is 0. The molecule has 0 atom stereocenters. The lowest BCUT2D eigenvalue weighted by atomic mass is 9.88. The zero-order valence-electron chi connectivity index (χ0n) is 29.7. The molecule has 0 spiro atoms. The zero-order valence-corrected chi connectivity index (χ0v) is 29.7. The fraction of sp³-hybridized carbons (Fsp3) is 0.128. The lowest BCUT2D eigenvalue weighted by Crippen LogP contribution is -2.10. The predicted octanol–water partition coefficient (Wildman–Crippen LogP) is 12.6. The maximum Gasteiger partial charge on any atom is 0.168 e. The van der Waals surface area contributed by atoms with E-state index in [-0.39, 0.29) is 11.8 Å². The van der Waals surface area contributed by atoms with Gasteiger partial charge in [-0.15, -0.1) is 0 Å². The molecule has 9 aromatic rings. The van der Waals surface area contributed by atoms with Crippen LogP contribution in [0.4, 0.5) is 0 Å². The van der Waals surface area contributed by atoms with Crippen molar-refractivity contribution in [3.8, 4) is 50.5 Å². The fourth-order valence-electron chi connectivity index (χ4n) is 7.48. The number of para-hydroxylation sites is 1. The number of fused-ring (bicyclic) bond motifs is 4. The van der Waals surface area contributed by atoms with Gasteiger partial charge in [-0.2, -0.15) is 0 Å². The van der Waals surface area contributed by atoms with E-state index < -0.39 is 0 Å². The summed E-state index contributed by atoms with van der Waals surface area (Å²) in [5, 5.41) is 2.12. The number of furan rings is 1. The van der Waals surface area contributed by atoms with Gasteiger partial charge in [-0.3, -0.25) is 4.57 Å². The summed E-state index contributed by atoms with van der Waals surface area (Å²) < 4.78 is 9.07. The van der Waals surface area contributed by atoms with Crippen molar-refractivity contribution in [1.29, 1.82) is 0 Å². The molecule has 0 aliphatic rings. The van der Waals surface area contributed by atoms with Gasteiger partial charge in [0.05, 0.1) is 17.4 Å². The van der Waals surface area contributed by atoms with Crippen molar-refractivity contribution in [3.05, 3.63) is 157 Å². The Kier molecular flexibility index (Phi) is 7.77. The molecule has 9 rings (SSSR count). The van der Waals surface area contributed by atoms with Gasteiger partial charge < -0.3 is 4.42 Å². The number of rotatable bonds is 7. The first-order valence-electron chi connectivity index (χ1n) is 18.0. The molecule has 3 heterocycles. The smallest absolute Gasteiger partial charge is 0.168 e. The van der Waals surface area contributed by atoms with Gasteiger partial charge in [0.2, 0.25) is 0 Å². The normalized spacial score (nSPS) is 11.8. The van der Waals surface area contributed by atoms with Gasteiger partial charge in [0, 0.05) is 10.8 Å². The summed E-state index contributed by atoms with van der Waals surface area (Å²) in [5.41, 5.74) is 14.7. The number of benzene rings is 6. The minimum absolute atomic E-state index is 0.241. The van der Waals surface area contributed by atoms with Gasteiger partial charge in [-0.05, 0) is 86.7 Å². The van der Waals surface area contributed by atoms with Crippen LogP contribution in [0, 0.1) is 0 Å². The molecule has 0 saturated carbocycles. The van der Waals surface area contributed by atoms with Crippen molar-refractivity contribution in [2.45, 2.75) is 39.5 Å². The second-order valence-electron chi connectivity index (χ2n) is 14.1. The lowest BCUT2D eigenvalue weighted by molar-refractivity contribution is 0.669. The standard InChI is InChI=1S/C47H38N4O/c1-29(2)40-24-36(32-14-9-6-10-15-32)25-41(30(3)4)44(40)51-46(50-42-27-48-28-49-47(42)51)39-17-11-16-38-37-23-22-35(26-43(37)52-45(38)39)34-20-18-33(19-21-34)31-12-7-5-8-13-31/h5-30H,1-4H3. The van der Waals surface area contributed by atoms with Crippen LogP contribution < -0.4 is 0 Å². The average molecular weight is 675 g/mol. The van der Waals surface area contributed by atoms with Gasteiger partial charge in [0.15, 0.2) is 11.5 Å². The highest BCUT2D eigenvalue weighted by atomic mass is 16.3. The molecular formula is C47H38N4O. The highest BCUT2D eigenvalue weighted by Gasteiger charge is 2.26. The highest BCUT2D eigenvalue weighted by Crippen LogP contribution is 2.42. The van der Waals surface area contributed by atoms with Crippen LogP contribution in [0.5, 0.6) is 0 Å². The summed E-state index contributed by atoms with van der Waals surface area (Å²) in [6.45, 7) is 9.05. The summed E-state index contributed by atoms with van der Waals surface area (Å²) in [6, 6.07) is 47.4. The monoisotopic (exact) mass is 674 g/mol. The van der Waals surface area contributed by atoms with Crippen molar-refractivity contribution < 1.29 is 4.42 Å². The maximum atomic E-state index is 6.82. The molecule has 0 radical (unpaired) electrons. The van der Waals surface area contributed by atoms with Gasteiger partial charge in [0.1, 0.15) is 23.0 Å². The molecule has 0 N–H and O–H groups in total. The number of nitrogens with zero attached hydrogens (tertiary/aromatic N) is 4. The molecule has 0 fully saturated rings. The Hall–Kier alpha value is -6.33. The van der Waals surface area contributed by atoms with Crippen LogP contribution in [0.2, 0.25) is 0 Å². The quantitative estimate of drug-likeness (QED) is 0.169. The molecule has 0 unspecified atom stereocenters. The zero-order chi connectivity index (χ0) is 35.3. The molecule has 0 aliphatic heterocycles. The summed E-state index contributed by atoms with van der Waals surface area (Å²) in [6.07, 6.45) is 3.42. The second-order valence-corrected chi connectivity index (χ2v) is 14.1. The van der Waals surface area contributed by atoms with E-state index in [2.05, 4.69) is 165 Å². The minimum Gasteiger partial charge on any atom is -0.455 e. The van der Waals surface area contributed by atoms with Crippen LogP contribution >= 0.6 is 0 Å². The number of hydrogen-bond acceptors (Lipinski definition) is 4. The van der Waals surface area contributed by atoms with E-state index >= 15 is 0 Å². The number of imidazole rings is 1. The first-order valence-corrected chi connectivity index (χ1v) is 18.0. The highest BCUT2D eigenvalue weighted by molar-refractivity contribution is 6.10. The third-order valence-electron chi connectivity index (χ3n) is 10.1. The van der Waals surface area contributed by atoms with Crippen LogP contribution in [-0.4, -0.2) is 19.5 Å². The summed E-state index contributed by atoms with van der Waals surface area (Å²) in [7, 11) is 0. The van der Waals surface area contributed by atoms with E-state index in [1.807, 2.05) is 6.07 Å². The van der Waals surface area contributed by atoms with Crippen molar-refractivity contribution in [2.24, 2.45) is 0 Å². The van der Waals surface area contributed by atoms with E-state index in [1.165, 1.54) is 33.4 Å². The van der Waals surface area contributed by atoms with Crippen LogP contribution in [-0.2, 0) is 0 Å². The molecule has 52 heavy (non-hydrogen) atoms. The molecular weight excluding hydrogens is 637 g/mol. The van der Waals surface area contributed by atoms with E-state index in [9.17, 15) is 0 Å². The first-order chi connectivity index (χ1) is 25.4. The van der Waals surface area contributed by atoms with E-state index in [0.717, 1.165) is 61.3 Å². The number of aromatic nitrogens is 4. The summed E-state index contributed by atoms with van der Waals surface area (Å²) in [5.74, 6) is 1.27.